The molecule has 1 heterocycles. The van der Waals surface area contributed by atoms with Crippen LogP contribution in [0.2, 0.25) is 0 Å². The molecule has 1 aromatic heterocycles. The lowest BCUT2D eigenvalue weighted by molar-refractivity contribution is 0.102. The standard InChI is InChI=1S/C21H22BrN3O2S/c1-12(2)25(13(3)4)21-24-20(27)16-11-14(9-10-18(16)28-21)23-19(26)15-7-5-6-8-17(15)22/h5-13H,1-4H3,(H,23,26). The minimum absolute atomic E-state index is 0.238. The van der Waals surface area contributed by atoms with Gasteiger partial charge in [0.1, 0.15) is 0 Å². The molecule has 28 heavy (non-hydrogen) atoms. The van der Waals surface area contributed by atoms with Crippen LogP contribution in [0.4, 0.5) is 10.8 Å². The topological polar surface area (TPSA) is 62.3 Å². The van der Waals surface area contributed by atoms with Crippen molar-refractivity contribution in [3.63, 3.8) is 0 Å². The van der Waals surface area contributed by atoms with Crippen molar-refractivity contribution in [1.29, 1.82) is 0 Å². The molecule has 0 atom stereocenters. The number of rotatable bonds is 5. The van der Waals surface area contributed by atoms with Crippen LogP contribution in [0.3, 0.4) is 0 Å². The van der Waals surface area contributed by atoms with Gasteiger partial charge in [-0.1, -0.05) is 23.5 Å². The van der Waals surface area contributed by atoms with Crippen LogP contribution in [-0.2, 0) is 0 Å². The fourth-order valence-electron chi connectivity index (χ4n) is 3.12. The zero-order valence-corrected chi connectivity index (χ0v) is 18.6. The van der Waals surface area contributed by atoms with Gasteiger partial charge >= 0.3 is 0 Å². The Morgan fingerprint density at radius 1 is 1.11 bits per heavy atom. The minimum atomic E-state index is -0.285. The first-order chi connectivity index (χ1) is 13.3. The van der Waals surface area contributed by atoms with Gasteiger partial charge < -0.3 is 10.2 Å². The van der Waals surface area contributed by atoms with Crippen molar-refractivity contribution in [2.45, 2.75) is 39.8 Å². The summed E-state index contributed by atoms with van der Waals surface area (Å²) in [5, 5.41) is 4.07. The number of nitrogens with one attached hydrogen (secondary N) is 1. The molecule has 0 unspecified atom stereocenters. The fourth-order valence-corrected chi connectivity index (χ4v) is 4.83. The van der Waals surface area contributed by atoms with Crippen LogP contribution < -0.4 is 15.8 Å². The SMILES string of the molecule is CC(C)N(c1nc(=O)c2cc(NC(=O)c3ccccc3Br)ccc2s1)C(C)C. The molecule has 0 aliphatic heterocycles. The van der Waals surface area contributed by atoms with Gasteiger partial charge in [0.2, 0.25) is 0 Å². The van der Waals surface area contributed by atoms with Gasteiger partial charge in [0.25, 0.3) is 11.5 Å². The largest absolute Gasteiger partial charge is 0.343 e. The van der Waals surface area contributed by atoms with Gasteiger partial charge in [0.05, 0.1) is 10.9 Å². The van der Waals surface area contributed by atoms with E-state index < -0.39 is 0 Å². The van der Waals surface area contributed by atoms with Crippen LogP contribution >= 0.6 is 27.3 Å². The highest BCUT2D eigenvalue weighted by atomic mass is 79.9. The Hall–Kier alpha value is -2.25. The first kappa shape index (κ1) is 20.5. The number of halogens is 1. The van der Waals surface area contributed by atoms with E-state index in [2.05, 4.69) is 58.8 Å². The highest BCUT2D eigenvalue weighted by Crippen LogP contribution is 2.28. The Kier molecular flexibility index (Phi) is 6.15. The first-order valence-corrected chi connectivity index (χ1v) is 10.7. The lowest BCUT2D eigenvalue weighted by atomic mass is 10.2. The lowest BCUT2D eigenvalue weighted by Crippen LogP contribution is -2.38. The molecule has 0 saturated heterocycles. The van der Waals surface area contributed by atoms with Crippen LogP contribution in [0.25, 0.3) is 10.1 Å². The molecule has 7 heteroatoms. The number of carbonyl (C=O) groups excluding carboxylic acids is 1. The fraction of sp³-hybridized carbons (Fsp3) is 0.286. The van der Waals surface area contributed by atoms with Crippen LogP contribution in [0.15, 0.2) is 51.7 Å². The summed E-state index contributed by atoms with van der Waals surface area (Å²) in [6.07, 6.45) is 0. The van der Waals surface area contributed by atoms with Crippen molar-refractivity contribution in [3.8, 4) is 0 Å². The van der Waals surface area contributed by atoms with Crippen LogP contribution in [-0.4, -0.2) is 23.0 Å². The molecule has 5 nitrogen and oxygen atoms in total. The second kappa shape index (κ2) is 8.41. The van der Waals surface area contributed by atoms with Crippen molar-refractivity contribution >= 4 is 54.1 Å². The smallest absolute Gasteiger partial charge is 0.281 e. The Balaban J connectivity index is 1.95. The van der Waals surface area contributed by atoms with E-state index in [0.29, 0.717) is 26.2 Å². The number of anilines is 2. The maximum absolute atomic E-state index is 12.7. The molecule has 0 aliphatic rings. The number of carbonyl (C=O) groups is 1. The molecule has 0 fully saturated rings. The van der Waals surface area contributed by atoms with E-state index in [1.54, 1.807) is 18.2 Å². The van der Waals surface area contributed by atoms with E-state index in [9.17, 15) is 9.59 Å². The summed E-state index contributed by atoms with van der Waals surface area (Å²) in [7, 11) is 0. The summed E-state index contributed by atoms with van der Waals surface area (Å²) in [6.45, 7) is 8.35. The zero-order valence-electron chi connectivity index (χ0n) is 16.2. The maximum atomic E-state index is 12.7. The van der Waals surface area contributed by atoms with Crippen molar-refractivity contribution in [3.05, 3.63) is 62.9 Å². The zero-order chi connectivity index (χ0) is 20.4. The van der Waals surface area contributed by atoms with Gasteiger partial charge in [-0.3, -0.25) is 9.59 Å². The van der Waals surface area contributed by atoms with Crippen molar-refractivity contribution in [1.82, 2.24) is 4.98 Å². The Labute approximate surface area is 176 Å². The van der Waals surface area contributed by atoms with Gasteiger partial charge in [-0.15, -0.1) is 0 Å². The summed E-state index contributed by atoms with van der Waals surface area (Å²) < 4.78 is 1.56. The van der Waals surface area contributed by atoms with Crippen molar-refractivity contribution in [2.24, 2.45) is 0 Å². The number of benzene rings is 2. The average Bonchev–Trinajstić information content (AvgIpc) is 2.62. The molecular weight excluding hydrogens is 438 g/mol. The number of nitrogens with zero attached hydrogens (tertiary/aromatic N) is 2. The van der Waals surface area contributed by atoms with Crippen LogP contribution in [0.1, 0.15) is 38.1 Å². The second-order valence-electron chi connectivity index (χ2n) is 7.04. The van der Waals surface area contributed by atoms with Gasteiger partial charge in [0.15, 0.2) is 5.13 Å². The highest BCUT2D eigenvalue weighted by Gasteiger charge is 2.18. The predicted molar refractivity (Wildman–Crippen MR) is 121 cm³/mol. The first-order valence-electron chi connectivity index (χ1n) is 9.07. The molecule has 0 radical (unpaired) electrons. The minimum Gasteiger partial charge on any atom is -0.343 e. The van der Waals surface area contributed by atoms with Gasteiger partial charge in [-0.25, -0.2) is 0 Å². The Morgan fingerprint density at radius 3 is 2.43 bits per heavy atom. The molecule has 1 amide bonds. The molecular formula is C21H22BrN3O2S. The average molecular weight is 460 g/mol. The maximum Gasteiger partial charge on any atom is 0.281 e. The molecule has 0 aliphatic carbocycles. The van der Waals surface area contributed by atoms with E-state index in [1.807, 2.05) is 24.3 Å². The van der Waals surface area contributed by atoms with Gasteiger partial charge in [-0.2, -0.15) is 4.98 Å². The molecule has 3 rings (SSSR count). The van der Waals surface area contributed by atoms with Crippen LogP contribution in [0.5, 0.6) is 0 Å². The number of hydrogen-bond acceptors (Lipinski definition) is 5. The van der Waals surface area contributed by atoms with E-state index in [0.717, 1.165) is 4.70 Å². The molecule has 2 aromatic carbocycles. The number of fused-ring (bicyclic) bond motifs is 1. The summed E-state index contributed by atoms with van der Waals surface area (Å²) in [5.74, 6) is -0.238. The molecule has 0 saturated carbocycles. The summed E-state index contributed by atoms with van der Waals surface area (Å²) in [6, 6.07) is 13.0. The normalized spacial score (nSPS) is 11.2. The van der Waals surface area contributed by atoms with Gasteiger partial charge in [0, 0.05) is 26.9 Å². The second-order valence-corrected chi connectivity index (χ2v) is 8.90. The molecule has 1 N–H and O–H groups in total. The lowest BCUT2D eigenvalue weighted by Gasteiger charge is -2.31. The summed E-state index contributed by atoms with van der Waals surface area (Å²) in [5.41, 5.74) is 0.814. The quantitative estimate of drug-likeness (QED) is 0.562. The third-order valence-corrected chi connectivity index (χ3v) is 6.07. The third kappa shape index (κ3) is 4.25. The van der Waals surface area contributed by atoms with E-state index in [-0.39, 0.29) is 23.6 Å². The number of aromatic nitrogens is 1. The summed E-state index contributed by atoms with van der Waals surface area (Å²) in [4.78, 5) is 31.6. The van der Waals surface area contributed by atoms with Crippen molar-refractivity contribution in [2.75, 3.05) is 10.2 Å². The van der Waals surface area contributed by atoms with Gasteiger partial charge in [-0.05, 0) is 74.0 Å². The molecule has 0 spiro atoms. The Bertz CT molecular complexity index is 1070. The summed E-state index contributed by atoms with van der Waals surface area (Å²) >= 11 is 4.87. The molecule has 146 valence electrons. The number of hydrogen-bond donors (Lipinski definition) is 1. The van der Waals surface area contributed by atoms with E-state index in [1.165, 1.54) is 11.3 Å². The highest BCUT2D eigenvalue weighted by molar-refractivity contribution is 9.10. The van der Waals surface area contributed by atoms with Crippen molar-refractivity contribution < 1.29 is 4.79 Å². The van der Waals surface area contributed by atoms with E-state index in [4.69, 9.17) is 0 Å². The molecule has 0 bridgehead atoms. The Morgan fingerprint density at radius 2 is 1.79 bits per heavy atom. The predicted octanol–water partition coefficient (Wildman–Crippen LogP) is 5.29. The third-order valence-electron chi connectivity index (χ3n) is 4.32. The number of amides is 1. The van der Waals surface area contributed by atoms with Crippen LogP contribution in [0, 0.1) is 0 Å². The van der Waals surface area contributed by atoms with E-state index >= 15 is 0 Å². The monoisotopic (exact) mass is 459 g/mol. The molecule has 3 aromatic rings.